The Hall–Kier alpha value is -3.39. The molecule has 1 fully saturated rings. The Kier molecular flexibility index (Phi) is 7.70. The van der Waals surface area contributed by atoms with Crippen molar-refractivity contribution in [2.45, 2.75) is 45.7 Å². The molecular formula is C27H32N2O6. The lowest BCUT2D eigenvalue weighted by Gasteiger charge is -2.29. The van der Waals surface area contributed by atoms with Gasteiger partial charge in [-0.3, -0.25) is 24.2 Å². The van der Waals surface area contributed by atoms with Crippen molar-refractivity contribution in [2.24, 2.45) is 0 Å². The fourth-order valence-corrected chi connectivity index (χ4v) is 4.58. The van der Waals surface area contributed by atoms with Crippen LogP contribution in [0.2, 0.25) is 0 Å². The number of imide groups is 1. The average molecular weight is 481 g/mol. The number of hydrogen-bond acceptors (Lipinski definition) is 7. The standard InChI is InChI=1S/C27H32N2O6/c1-18(30)16-28(19(2)21-5-7-23-22(15-21)10-12-34-23)17-20-4-6-24(25(14-20)33-3)35-13-11-29-26(31)8-9-27(29)32/h4-7,14-15,19H,8-13,16-17H2,1-3H3. The van der Waals surface area contributed by atoms with E-state index in [1.165, 1.54) is 10.5 Å². The topological polar surface area (TPSA) is 85.4 Å². The molecule has 0 aliphatic carbocycles. The summed E-state index contributed by atoms with van der Waals surface area (Å²) in [5.41, 5.74) is 3.34. The molecule has 0 N–H and O–H groups in total. The molecule has 8 nitrogen and oxygen atoms in total. The molecule has 0 radical (unpaired) electrons. The lowest BCUT2D eigenvalue weighted by molar-refractivity contribution is -0.138. The quantitative estimate of drug-likeness (QED) is 0.456. The van der Waals surface area contributed by atoms with Gasteiger partial charge in [0.1, 0.15) is 18.1 Å². The normalized spacial score (nSPS) is 15.8. The molecule has 2 aromatic rings. The number of benzene rings is 2. The van der Waals surface area contributed by atoms with Crippen LogP contribution >= 0.6 is 0 Å². The molecule has 2 aliphatic heterocycles. The molecule has 2 aromatic carbocycles. The molecule has 2 aliphatic rings. The first-order valence-electron chi connectivity index (χ1n) is 12.0. The van der Waals surface area contributed by atoms with E-state index in [-0.39, 0.29) is 49.6 Å². The Labute approximate surface area is 205 Å². The van der Waals surface area contributed by atoms with E-state index >= 15 is 0 Å². The summed E-state index contributed by atoms with van der Waals surface area (Å²) in [4.78, 5) is 39.0. The monoisotopic (exact) mass is 480 g/mol. The first kappa shape index (κ1) is 24.7. The summed E-state index contributed by atoms with van der Waals surface area (Å²) in [5.74, 6) is 1.83. The molecule has 2 amide bonds. The lowest BCUT2D eigenvalue weighted by Crippen LogP contribution is -2.33. The number of nitrogens with zero attached hydrogens (tertiary/aromatic N) is 2. The number of methoxy groups -OCH3 is 1. The van der Waals surface area contributed by atoms with Crippen LogP contribution in [0.1, 0.15) is 49.4 Å². The van der Waals surface area contributed by atoms with Gasteiger partial charge in [-0.1, -0.05) is 18.2 Å². The summed E-state index contributed by atoms with van der Waals surface area (Å²) in [7, 11) is 1.57. The summed E-state index contributed by atoms with van der Waals surface area (Å²) in [5, 5.41) is 0. The van der Waals surface area contributed by atoms with Crippen molar-refractivity contribution < 1.29 is 28.6 Å². The number of hydrogen-bond donors (Lipinski definition) is 0. The van der Waals surface area contributed by atoms with E-state index in [0.717, 1.165) is 23.3 Å². The van der Waals surface area contributed by atoms with Crippen LogP contribution in [0.15, 0.2) is 36.4 Å². The van der Waals surface area contributed by atoms with E-state index < -0.39 is 0 Å². The summed E-state index contributed by atoms with van der Waals surface area (Å²) in [6.07, 6.45) is 1.44. The maximum absolute atomic E-state index is 12.1. The molecule has 8 heteroatoms. The van der Waals surface area contributed by atoms with Gasteiger partial charge in [-0.15, -0.1) is 0 Å². The van der Waals surface area contributed by atoms with Gasteiger partial charge in [0.25, 0.3) is 0 Å². The number of likely N-dealkylation sites (tertiary alicyclic amines) is 1. The molecule has 0 aromatic heterocycles. The highest BCUT2D eigenvalue weighted by Gasteiger charge is 2.28. The number of amides is 2. The van der Waals surface area contributed by atoms with E-state index in [0.29, 0.717) is 31.2 Å². The van der Waals surface area contributed by atoms with Crippen LogP contribution in [0.4, 0.5) is 0 Å². The van der Waals surface area contributed by atoms with Gasteiger partial charge in [-0.2, -0.15) is 0 Å². The van der Waals surface area contributed by atoms with Gasteiger partial charge in [-0.05, 0) is 48.7 Å². The second kappa shape index (κ2) is 10.9. The van der Waals surface area contributed by atoms with Crippen LogP contribution in [0.25, 0.3) is 0 Å². The summed E-state index contributed by atoms with van der Waals surface area (Å²) in [6.45, 7) is 5.72. The van der Waals surface area contributed by atoms with Gasteiger partial charge in [0.2, 0.25) is 11.8 Å². The molecule has 0 saturated carbocycles. The SMILES string of the molecule is COc1cc(CN(CC(C)=O)C(C)c2ccc3c(c2)CCO3)ccc1OCCN1C(=O)CCC1=O. The van der Waals surface area contributed by atoms with Gasteiger partial charge in [-0.25, -0.2) is 0 Å². The van der Waals surface area contributed by atoms with Crippen LogP contribution in [-0.4, -0.2) is 60.8 Å². The molecule has 1 saturated heterocycles. The Bertz CT molecular complexity index is 1100. The van der Waals surface area contributed by atoms with Gasteiger partial charge >= 0.3 is 0 Å². The molecular weight excluding hydrogens is 448 g/mol. The van der Waals surface area contributed by atoms with Crippen molar-refractivity contribution in [3.05, 3.63) is 53.1 Å². The molecule has 4 rings (SSSR count). The van der Waals surface area contributed by atoms with Crippen molar-refractivity contribution in [3.63, 3.8) is 0 Å². The van der Waals surface area contributed by atoms with Gasteiger partial charge in [0, 0.05) is 31.8 Å². The minimum Gasteiger partial charge on any atom is -0.493 e. The number of carbonyl (C=O) groups is 3. The Balaban J connectivity index is 1.44. The number of ketones is 1. The van der Waals surface area contributed by atoms with Crippen molar-refractivity contribution in [2.75, 3.05) is 33.4 Å². The first-order valence-corrected chi connectivity index (χ1v) is 12.0. The third-order valence-corrected chi connectivity index (χ3v) is 6.51. The van der Waals surface area contributed by atoms with Crippen LogP contribution in [0, 0.1) is 0 Å². The zero-order chi connectivity index (χ0) is 24.9. The van der Waals surface area contributed by atoms with Crippen LogP contribution < -0.4 is 14.2 Å². The van der Waals surface area contributed by atoms with E-state index in [1.807, 2.05) is 24.3 Å². The van der Waals surface area contributed by atoms with Gasteiger partial charge in [0.05, 0.1) is 26.8 Å². The number of Topliss-reactive ketones (excluding diaryl/α,β-unsaturated/α-hetero) is 1. The number of carbonyl (C=O) groups excluding carboxylic acids is 3. The zero-order valence-corrected chi connectivity index (χ0v) is 20.5. The highest BCUT2D eigenvalue weighted by atomic mass is 16.5. The third kappa shape index (κ3) is 5.82. The van der Waals surface area contributed by atoms with Crippen molar-refractivity contribution in [1.82, 2.24) is 9.80 Å². The third-order valence-electron chi connectivity index (χ3n) is 6.51. The highest BCUT2D eigenvalue weighted by Crippen LogP contribution is 2.32. The minimum absolute atomic E-state index is 0.0299. The van der Waals surface area contributed by atoms with Crippen LogP contribution in [0.3, 0.4) is 0 Å². The Morgan fingerprint density at radius 1 is 1.09 bits per heavy atom. The number of fused-ring (bicyclic) bond motifs is 1. The summed E-state index contributed by atoms with van der Waals surface area (Å²) < 4.78 is 17.0. The fraction of sp³-hybridized carbons (Fsp3) is 0.444. The Morgan fingerprint density at radius 2 is 1.86 bits per heavy atom. The average Bonchev–Trinajstić information content (AvgIpc) is 3.44. The largest absolute Gasteiger partial charge is 0.493 e. The van der Waals surface area contributed by atoms with Crippen LogP contribution in [-0.2, 0) is 27.3 Å². The van der Waals surface area contributed by atoms with E-state index in [9.17, 15) is 14.4 Å². The van der Waals surface area contributed by atoms with Crippen molar-refractivity contribution in [3.8, 4) is 17.2 Å². The first-order chi connectivity index (χ1) is 16.9. The summed E-state index contributed by atoms with van der Waals surface area (Å²) >= 11 is 0. The number of rotatable bonds is 11. The maximum Gasteiger partial charge on any atom is 0.229 e. The van der Waals surface area contributed by atoms with Gasteiger partial charge < -0.3 is 14.2 Å². The molecule has 186 valence electrons. The number of ether oxygens (including phenoxy) is 3. The Morgan fingerprint density at radius 3 is 2.57 bits per heavy atom. The van der Waals surface area contributed by atoms with Crippen LogP contribution in [0.5, 0.6) is 17.2 Å². The molecule has 1 atom stereocenters. The van der Waals surface area contributed by atoms with Crippen molar-refractivity contribution >= 4 is 17.6 Å². The maximum atomic E-state index is 12.1. The second-order valence-corrected chi connectivity index (χ2v) is 9.02. The lowest BCUT2D eigenvalue weighted by atomic mass is 10.0. The van der Waals surface area contributed by atoms with Crippen molar-refractivity contribution in [1.29, 1.82) is 0 Å². The highest BCUT2D eigenvalue weighted by molar-refractivity contribution is 6.01. The minimum atomic E-state index is -0.156. The molecule has 0 bridgehead atoms. The fourth-order valence-electron chi connectivity index (χ4n) is 4.58. The molecule has 35 heavy (non-hydrogen) atoms. The molecule has 1 unspecified atom stereocenters. The smallest absolute Gasteiger partial charge is 0.229 e. The zero-order valence-electron chi connectivity index (χ0n) is 20.5. The second-order valence-electron chi connectivity index (χ2n) is 9.02. The van der Waals surface area contributed by atoms with E-state index in [4.69, 9.17) is 14.2 Å². The predicted molar refractivity (Wildman–Crippen MR) is 130 cm³/mol. The summed E-state index contributed by atoms with van der Waals surface area (Å²) in [6, 6.07) is 12.0. The molecule has 2 heterocycles. The predicted octanol–water partition coefficient (Wildman–Crippen LogP) is 3.31. The van der Waals surface area contributed by atoms with E-state index in [2.05, 4.69) is 24.0 Å². The molecule has 0 spiro atoms. The van der Waals surface area contributed by atoms with Gasteiger partial charge in [0.15, 0.2) is 11.5 Å². The van der Waals surface area contributed by atoms with E-state index in [1.54, 1.807) is 14.0 Å².